The van der Waals surface area contributed by atoms with Crippen molar-refractivity contribution in [1.82, 2.24) is 4.98 Å². The molecule has 2 aromatic heterocycles. The fourth-order valence-electron chi connectivity index (χ4n) is 4.07. The van der Waals surface area contributed by atoms with Gasteiger partial charge in [0.2, 0.25) is 5.88 Å². The van der Waals surface area contributed by atoms with E-state index in [1.165, 1.54) is 4.70 Å². The molecule has 0 saturated heterocycles. The van der Waals surface area contributed by atoms with Crippen molar-refractivity contribution in [3.05, 3.63) is 76.8 Å². The lowest BCUT2D eigenvalue weighted by Crippen LogP contribution is -2.05. The summed E-state index contributed by atoms with van der Waals surface area (Å²) in [5, 5.41) is 12.5. The molecular weight excluding hydrogens is 486 g/mol. The van der Waals surface area contributed by atoms with Gasteiger partial charge >= 0.3 is 5.97 Å². The molecule has 2 aromatic carbocycles. The zero-order valence-electron chi connectivity index (χ0n) is 21.1. The molecule has 7 heteroatoms. The van der Waals surface area contributed by atoms with Crippen molar-refractivity contribution in [2.24, 2.45) is 0 Å². The molecule has 37 heavy (non-hydrogen) atoms. The molecular formula is C30H29NO5S. The second-order valence-corrected chi connectivity index (χ2v) is 9.42. The van der Waals surface area contributed by atoms with Gasteiger partial charge in [-0.15, -0.1) is 17.3 Å². The van der Waals surface area contributed by atoms with Crippen molar-refractivity contribution in [3.63, 3.8) is 0 Å². The lowest BCUT2D eigenvalue weighted by molar-refractivity contribution is -0.137. The number of pyridine rings is 1. The summed E-state index contributed by atoms with van der Waals surface area (Å²) >= 11 is 1.70. The van der Waals surface area contributed by atoms with E-state index >= 15 is 0 Å². The number of carbonyl (C=O) groups is 1. The SMILES string of the molecule is CC#C[C@@H](CC(=O)O)c1ccc(OCc2ccc3scc(-c4ccc(OCCOC)nc4C)c3c2)cc1. The summed E-state index contributed by atoms with van der Waals surface area (Å²) in [5.41, 5.74) is 5.05. The molecule has 1 N–H and O–H groups in total. The number of benzene rings is 2. The molecule has 2 heterocycles. The van der Waals surface area contributed by atoms with Crippen molar-refractivity contribution in [2.75, 3.05) is 20.3 Å². The van der Waals surface area contributed by atoms with Crippen LogP contribution in [0, 0.1) is 18.8 Å². The molecule has 4 rings (SSSR count). The Kier molecular flexibility index (Phi) is 8.78. The maximum atomic E-state index is 11.1. The number of thiophene rings is 1. The molecule has 1 atom stereocenters. The van der Waals surface area contributed by atoms with Gasteiger partial charge in [-0.3, -0.25) is 4.79 Å². The number of carboxylic acid groups (broad SMARTS) is 1. The van der Waals surface area contributed by atoms with Gasteiger partial charge in [-0.1, -0.05) is 24.1 Å². The van der Waals surface area contributed by atoms with Crippen LogP contribution in [0.3, 0.4) is 0 Å². The Morgan fingerprint density at radius 2 is 1.86 bits per heavy atom. The van der Waals surface area contributed by atoms with E-state index in [1.807, 2.05) is 37.3 Å². The zero-order valence-corrected chi connectivity index (χ0v) is 21.9. The molecule has 0 unspecified atom stereocenters. The average Bonchev–Trinajstić information content (AvgIpc) is 3.30. The Morgan fingerprint density at radius 1 is 1.05 bits per heavy atom. The quantitative estimate of drug-likeness (QED) is 0.183. The highest BCUT2D eigenvalue weighted by atomic mass is 32.1. The van der Waals surface area contributed by atoms with Gasteiger partial charge in [0.25, 0.3) is 0 Å². The summed E-state index contributed by atoms with van der Waals surface area (Å²) in [6, 6.07) is 17.8. The minimum Gasteiger partial charge on any atom is -0.489 e. The fraction of sp³-hybridized carbons (Fsp3) is 0.267. The summed E-state index contributed by atoms with van der Waals surface area (Å²) < 4.78 is 17.9. The first-order valence-electron chi connectivity index (χ1n) is 11.9. The number of carboxylic acids is 1. The molecule has 0 aliphatic heterocycles. The van der Waals surface area contributed by atoms with Crippen LogP contribution in [-0.2, 0) is 16.1 Å². The van der Waals surface area contributed by atoms with Crippen LogP contribution in [0.1, 0.15) is 36.1 Å². The van der Waals surface area contributed by atoms with Gasteiger partial charge in [-0.2, -0.15) is 0 Å². The highest BCUT2D eigenvalue weighted by Gasteiger charge is 2.14. The number of rotatable bonds is 11. The summed E-state index contributed by atoms with van der Waals surface area (Å²) in [5.74, 6) is 5.90. The van der Waals surface area contributed by atoms with Gasteiger partial charge in [0, 0.05) is 40.1 Å². The number of hydrogen-bond acceptors (Lipinski definition) is 6. The van der Waals surface area contributed by atoms with Crippen molar-refractivity contribution < 1.29 is 24.1 Å². The number of aliphatic carboxylic acids is 1. The standard InChI is InChI=1S/C30H29NO5S/c1-4-5-23(17-30(32)33)22-7-9-24(10-8-22)36-18-21-6-12-28-26(16-21)27(19-37-28)25-11-13-29(31-20(25)2)35-15-14-34-3/h6-13,16,19,23H,14-15,17-18H2,1-3H3,(H,32,33)/t23-/m0/s1. The van der Waals surface area contributed by atoms with Crippen LogP contribution < -0.4 is 9.47 Å². The smallest absolute Gasteiger partial charge is 0.304 e. The summed E-state index contributed by atoms with van der Waals surface area (Å²) in [6.45, 7) is 5.11. The number of methoxy groups -OCH3 is 1. The largest absolute Gasteiger partial charge is 0.489 e. The van der Waals surface area contributed by atoms with Crippen LogP contribution >= 0.6 is 11.3 Å². The lowest BCUT2D eigenvalue weighted by atomic mass is 9.96. The second kappa shape index (κ2) is 12.4. The molecule has 6 nitrogen and oxygen atoms in total. The molecule has 0 aliphatic rings. The maximum Gasteiger partial charge on any atom is 0.304 e. The predicted octanol–water partition coefficient (Wildman–Crippen LogP) is 6.46. The van der Waals surface area contributed by atoms with Gasteiger partial charge in [-0.25, -0.2) is 4.98 Å². The van der Waals surface area contributed by atoms with E-state index < -0.39 is 5.97 Å². The van der Waals surface area contributed by atoms with E-state index in [0.717, 1.165) is 39.1 Å². The van der Waals surface area contributed by atoms with Crippen LogP contribution in [0.25, 0.3) is 21.2 Å². The third kappa shape index (κ3) is 6.67. The van der Waals surface area contributed by atoms with Crippen molar-refractivity contribution in [2.45, 2.75) is 32.8 Å². The summed E-state index contributed by atoms with van der Waals surface area (Å²) in [4.78, 5) is 15.8. The van der Waals surface area contributed by atoms with Crippen molar-refractivity contribution >= 4 is 27.4 Å². The molecule has 0 aliphatic carbocycles. The summed E-state index contributed by atoms with van der Waals surface area (Å²) in [7, 11) is 1.64. The van der Waals surface area contributed by atoms with Crippen LogP contribution in [0.15, 0.2) is 60.0 Å². The Balaban J connectivity index is 1.48. The van der Waals surface area contributed by atoms with Gasteiger partial charge in [0.1, 0.15) is 19.0 Å². The number of aromatic nitrogens is 1. The number of fused-ring (bicyclic) bond motifs is 1. The van der Waals surface area contributed by atoms with E-state index in [1.54, 1.807) is 25.4 Å². The molecule has 0 saturated carbocycles. The van der Waals surface area contributed by atoms with E-state index in [9.17, 15) is 4.79 Å². The first-order valence-corrected chi connectivity index (χ1v) is 12.8. The Morgan fingerprint density at radius 3 is 2.57 bits per heavy atom. The van der Waals surface area contributed by atoms with E-state index in [-0.39, 0.29) is 12.3 Å². The molecule has 0 spiro atoms. The van der Waals surface area contributed by atoms with Crippen LogP contribution in [-0.4, -0.2) is 36.4 Å². The average molecular weight is 516 g/mol. The topological polar surface area (TPSA) is 77.9 Å². The van der Waals surface area contributed by atoms with Crippen molar-refractivity contribution in [3.8, 4) is 34.6 Å². The van der Waals surface area contributed by atoms with Gasteiger partial charge in [0.15, 0.2) is 0 Å². The molecule has 0 bridgehead atoms. The minimum absolute atomic E-state index is 0.0252. The fourth-order valence-corrected chi connectivity index (χ4v) is 5.01. The van der Waals surface area contributed by atoms with E-state index in [2.05, 4.69) is 46.5 Å². The van der Waals surface area contributed by atoms with E-state index in [4.69, 9.17) is 19.3 Å². The van der Waals surface area contributed by atoms with E-state index in [0.29, 0.717) is 25.7 Å². The molecule has 0 amide bonds. The molecule has 190 valence electrons. The number of aryl methyl sites for hydroxylation is 1. The van der Waals surface area contributed by atoms with Gasteiger partial charge in [0.05, 0.1) is 18.9 Å². The second-order valence-electron chi connectivity index (χ2n) is 8.51. The minimum atomic E-state index is -0.867. The highest BCUT2D eigenvalue weighted by molar-refractivity contribution is 7.17. The maximum absolute atomic E-state index is 11.1. The highest BCUT2D eigenvalue weighted by Crippen LogP contribution is 2.36. The number of ether oxygens (including phenoxy) is 3. The Hall–Kier alpha value is -3.86. The molecule has 0 fully saturated rings. The Labute approximate surface area is 220 Å². The normalized spacial score (nSPS) is 11.5. The Bertz CT molecular complexity index is 1430. The van der Waals surface area contributed by atoms with Crippen LogP contribution in [0.4, 0.5) is 0 Å². The third-order valence-corrected chi connectivity index (χ3v) is 6.87. The van der Waals surface area contributed by atoms with Crippen LogP contribution in [0.2, 0.25) is 0 Å². The monoisotopic (exact) mass is 515 g/mol. The van der Waals surface area contributed by atoms with Crippen LogP contribution in [0.5, 0.6) is 11.6 Å². The molecule has 4 aromatic rings. The molecule has 0 radical (unpaired) electrons. The zero-order chi connectivity index (χ0) is 26.2. The predicted molar refractivity (Wildman–Crippen MR) is 146 cm³/mol. The number of hydrogen-bond donors (Lipinski definition) is 1. The first-order chi connectivity index (χ1) is 18.0. The lowest BCUT2D eigenvalue weighted by Gasteiger charge is -2.11. The van der Waals surface area contributed by atoms with Crippen molar-refractivity contribution in [1.29, 1.82) is 0 Å². The summed E-state index contributed by atoms with van der Waals surface area (Å²) in [6.07, 6.45) is -0.0252. The third-order valence-electron chi connectivity index (χ3n) is 5.91. The van der Waals surface area contributed by atoms with Gasteiger partial charge in [-0.05, 0) is 60.7 Å². The van der Waals surface area contributed by atoms with Gasteiger partial charge < -0.3 is 19.3 Å². The number of nitrogens with zero attached hydrogens (tertiary/aromatic N) is 1. The first kappa shape index (κ1) is 26.2.